The SMILES string of the molecule is C.C=C.CC.CC.CC.CC.CC.CC.CC.CC.CC.CC.CC.CC.CC(F)(F)P(=O)(O)O.CC(F)(F)P(=O)(O)O.CC(F)(F)P(=O)(O)O.CC(F)(F)P(=O)(O)O.CC(F)(F)P(C)(C)=O.CC(F)(F)P(C)(C)=O.COC(=O)N(Cc1ccccc1)Cc1ccccc1.S=S=S=S=S.S=S=S=S=S=S=S=S=S=S=S=S=S=S.c1ccc(CNCc2ccccc2)cc1.c1ccc(CNCc2ccccc2)cc1. The van der Waals surface area contributed by atoms with Crippen LogP contribution in [0.15, 0.2) is 195 Å². The van der Waals surface area contributed by atoms with Crippen molar-refractivity contribution in [2.45, 2.75) is 288 Å². The molecule has 0 unspecified atom stereocenters. The highest BCUT2D eigenvalue weighted by molar-refractivity contribution is 8.76. The van der Waals surface area contributed by atoms with Crippen LogP contribution in [-0.4, -0.2) is 118 Å². The number of rotatable bonds is 18. The number of nitrogens with one attached hydrogen (secondary N) is 2. The van der Waals surface area contributed by atoms with Gasteiger partial charge >= 0.3 is 59.1 Å². The fourth-order valence-corrected chi connectivity index (χ4v) is 35.3. The van der Waals surface area contributed by atoms with E-state index in [1.54, 1.807) is 93.7 Å². The molecule has 0 aliphatic heterocycles. The molecule has 1 amide bonds. The summed E-state index contributed by atoms with van der Waals surface area (Å²) >= 11 is 18.3. The summed E-state index contributed by atoms with van der Waals surface area (Å²) in [6.45, 7) is 65.1. The van der Waals surface area contributed by atoms with Crippen LogP contribution in [0, 0.1) is 0 Å². The van der Waals surface area contributed by atoms with Gasteiger partial charge in [0.25, 0.3) is 11.3 Å². The minimum absolute atomic E-state index is 0. The smallest absolute Gasteiger partial charge is 0.410 e. The first-order valence-corrected chi connectivity index (χ1v) is 77.4. The lowest BCUT2D eigenvalue weighted by molar-refractivity contribution is 0.0785. The number of ether oxygens (including phenoxy) is 1. The van der Waals surface area contributed by atoms with Gasteiger partial charge in [-0.15, -0.1) is 13.2 Å². The van der Waals surface area contributed by atoms with Crippen LogP contribution in [0.4, 0.5) is 57.5 Å². The maximum atomic E-state index is 12.0. The largest absolute Gasteiger partial charge is 0.453 e. The highest BCUT2D eigenvalue weighted by Crippen LogP contribution is 2.56. The van der Waals surface area contributed by atoms with Gasteiger partial charge in [-0.3, -0.25) is 23.2 Å². The maximum Gasteiger partial charge on any atom is 0.410 e. The number of halogens is 12. The van der Waals surface area contributed by atoms with E-state index in [0.29, 0.717) is 26.9 Å². The number of hydrogen-bond donors (Lipinski definition) is 10. The summed E-state index contributed by atoms with van der Waals surface area (Å²) in [5.41, 5.74) is -14.1. The van der Waals surface area contributed by atoms with E-state index in [1.807, 2.05) is 251 Å². The summed E-state index contributed by atoms with van der Waals surface area (Å²) < 4.78 is 204. The molecule has 143 heavy (non-hydrogen) atoms. The number of hydrogen-bond acceptors (Lipinski definition) is 14. The summed E-state index contributed by atoms with van der Waals surface area (Å²) in [4.78, 5) is 75.2. The number of carbonyl (C=O) groups is 1. The number of carbonyl (C=O) groups excluding carboxylic acids is 1. The molecule has 6 aromatic rings. The van der Waals surface area contributed by atoms with Crippen molar-refractivity contribution in [1.29, 1.82) is 0 Å². The van der Waals surface area contributed by atoms with Crippen molar-refractivity contribution in [1.82, 2.24) is 15.5 Å². The lowest BCUT2D eigenvalue weighted by Crippen LogP contribution is -2.29. The van der Waals surface area contributed by atoms with Crippen LogP contribution in [0.3, 0.4) is 0 Å². The van der Waals surface area contributed by atoms with Gasteiger partial charge in [0.15, 0.2) is 0 Å². The van der Waals surface area contributed by atoms with Crippen LogP contribution in [0.25, 0.3) is 0 Å². The Hall–Kier alpha value is -1.35. The van der Waals surface area contributed by atoms with E-state index in [9.17, 15) is 84.9 Å². The summed E-state index contributed by atoms with van der Waals surface area (Å²) in [5, 5.41) is 6.84. The lowest BCUT2D eigenvalue weighted by Gasteiger charge is -2.21. The minimum Gasteiger partial charge on any atom is -0.453 e. The van der Waals surface area contributed by atoms with Crippen molar-refractivity contribution in [3.05, 3.63) is 229 Å². The minimum atomic E-state index is -5.18. The van der Waals surface area contributed by atoms with Gasteiger partial charge in [0.2, 0.25) is 0 Å². The van der Waals surface area contributed by atoms with Gasteiger partial charge in [0, 0.05) is 259 Å². The molecule has 56 heteroatoms. The third-order valence-corrected chi connectivity index (χ3v) is 48.6. The molecule has 0 aliphatic carbocycles. The first kappa shape index (κ1) is 186. The van der Waals surface area contributed by atoms with Crippen molar-refractivity contribution in [3.63, 3.8) is 0 Å². The van der Waals surface area contributed by atoms with Crippen LogP contribution < -0.4 is 10.6 Å². The Bertz CT molecular complexity index is 4330. The Kier molecular flexibility index (Phi) is 162. The molecule has 852 valence electrons. The summed E-state index contributed by atoms with van der Waals surface area (Å²) in [7, 11) is -1.84. The molecule has 0 atom stereocenters. The molecule has 19 nitrogen and oxygen atoms in total. The van der Waals surface area contributed by atoms with Crippen molar-refractivity contribution in [2.75, 3.05) is 33.8 Å². The van der Waals surface area contributed by atoms with Crippen molar-refractivity contribution in [3.8, 4) is 0 Å². The molecule has 6 aromatic carbocycles. The van der Waals surface area contributed by atoms with Crippen molar-refractivity contribution < 1.29 is 129 Å². The Balaban J connectivity index is -0.0000000689. The van der Waals surface area contributed by atoms with Crippen LogP contribution in [0.1, 0.15) is 249 Å². The average molecular weight is 2530 g/mol. The quantitative estimate of drug-likeness (QED) is 0.0217. The van der Waals surface area contributed by atoms with E-state index in [2.05, 4.69) is 143 Å². The Morgan fingerprint density at radius 2 is 0.406 bits per heavy atom. The molecule has 10 N–H and O–H groups in total. The number of alkyl halides is 12. The molecular formula is C87H165F12N3O16P6S19. The van der Waals surface area contributed by atoms with Gasteiger partial charge in [-0.1, -0.05) is 356 Å². The second-order valence-electron chi connectivity index (χ2n) is 22.4. The zero-order valence-electron chi connectivity index (χ0n) is 87.7. The van der Waals surface area contributed by atoms with Gasteiger partial charge < -0.3 is 63.6 Å². The molecule has 0 spiro atoms. The molecule has 0 fully saturated rings. The zero-order valence-corrected chi connectivity index (χ0v) is 109. The number of nitrogens with zero attached hydrogens (tertiary/aromatic N) is 1. The second kappa shape index (κ2) is 124. The van der Waals surface area contributed by atoms with Gasteiger partial charge in [-0.05, 0) is 60.0 Å². The molecule has 0 aliphatic rings. The molecule has 0 radical (unpaired) electrons. The first-order chi connectivity index (χ1) is 66.0. The van der Waals surface area contributed by atoms with Crippen molar-refractivity contribution >= 4 is 229 Å². The van der Waals surface area contributed by atoms with E-state index in [4.69, 9.17) is 66.3 Å². The predicted molar refractivity (Wildman–Crippen MR) is 646 cm³/mol. The summed E-state index contributed by atoms with van der Waals surface area (Å²) in [6, 6.07) is 61.6. The maximum absolute atomic E-state index is 12.0. The molecule has 0 aromatic heterocycles. The van der Waals surface area contributed by atoms with E-state index in [0.717, 1.165) is 64.0 Å². The average Bonchev–Trinajstić information content (AvgIpc) is 0.882. The molecule has 6 rings (SSSR count). The zero-order chi connectivity index (χ0) is 117. The highest BCUT2D eigenvalue weighted by Gasteiger charge is 2.45. The standard InChI is InChI=1S/C16H17NO2.2C14H15N.2C4H9F2OP.4C2H5F2O3P.12C2H6.C2H4.CH4.S14.S5/c1-19-16(18)17(12-14-8-4-2-5-9-14)13-15-10-6-3-7-11-15;2*1-3-7-13(8-4-1)11-15-12-14-9-5-2-6-10-14;2*1-4(5,6)8(2,3)7;4*1-2(3,4)8(5,6)7;13*1-2;;1-3-5-7-9-11-13-14-12-10-8-6-4-2;1-3-5-4-2/h2-11H,12-13H2,1H3;2*1-10,15H,11-12H2;2*1-3H3;4*1H3,(H2,5,6,7);12*1-2H3;1-2H2;1H4;;. The van der Waals surface area contributed by atoms with E-state index in [1.165, 1.54) is 73.8 Å². The predicted octanol–water partition coefficient (Wildman–Crippen LogP) is 30.7. The van der Waals surface area contributed by atoms with Crippen molar-refractivity contribution in [2.24, 2.45) is 0 Å². The molecule has 0 heterocycles. The number of benzene rings is 6. The number of methoxy groups -OCH3 is 1. The highest BCUT2D eigenvalue weighted by atomic mass is 33.5. The Labute approximate surface area is 914 Å². The Morgan fingerprint density at radius 1 is 0.287 bits per heavy atom. The second-order valence-corrected chi connectivity index (χ2v) is 63.4. The third kappa shape index (κ3) is 139. The van der Waals surface area contributed by atoms with Crippen LogP contribution >= 0.6 is 44.7 Å². The van der Waals surface area contributed by atoms with E-state index >= 15 is 0 Å². The van der Waals surface area contributed by atoms with E-state index in [-0.39, 0.29) is 41.2 Å². The third-order valence-electron chi connectivity index (χ3n) is 11.9. The Morgan fingerprint density at radius 3 is 0.503 bits per heavy atom. The van der Waals surface area contributed by atoms with Gasteiger partial charge in [-0.2, -0.15) is 52.7 Å². The van der Waals surface area contributed by atoms with Crippen LogP contribution in [0.2, 0.25) is 0 Å². The van der Waals surface area contributed by atoms with Gasteiger partial charge in [0.1, 0.15) is 14.3 Å². The monoisotopic (exact) mass is 2530 g/mol. The molecule has 0 bridgehead atoms. The summed E-state index contributed by atoms with van der Waals surface area (Å²) in [5.74, 6) is 0. The molecule has 0 saturated carbocycles. The van der Waals surface area contributed by atoms with Gasteiger partial charge in [-0.25, -0.2) is 4.79 Å². The fourth-order valence-electron chi connectivity index (χ4n) is 5.13. The normalized spacial score (nSPS) is 9.62. The van der Waals surface area contributed by atoms with Crippen LogP contribution in [-0.2, 0) is 249 Å². The molecular weight excluding hydrogens is 2370 g/mol. The van der Waals surface area contributed by atoms with E-state index < -0.39 is 78.6 Å². The lowest BCUT2D eigenvalue weighted by atomic mass is 10.2. The van der Waals surface area contributed by atoms with Crippen LogP contribution in [0.5, 0.6) is 0 Å². The number of amides is 1. The van der Waals surface area contributed by atoms with Gasteiger partial charge in [0.05, 0.1) is 7.11 Å². The fraction of sp³-hybridized carbons (Fsp3) is 0.552. The first-order valence-electron chi connectivity index (χ1n) is 43.1. The molecule has 0 saturated heterocycles. The topological polar surface area (TPSA) is 318 Å². The summed E-state index contributed by atoms with van der Waals surface area (Å²) in [6.07, 6.45) is -0.312.